The topological polar surface area (TPSA) is 270 Å². The number of nitrogens with two attached hydrogens (primary N) is 4. The molecule has 0 aliphatic carbocycles. The summed E-state index contributed by atoms with van der Waals surface area (Å²) in [5, 5.41) is 23.6. The number of nitrogens with one attached hydrogen (secondary N) is 2. The number of rotatable bonds is 14. The van der Waals surface area contributed by atoms with E-state index in [1.807, 2.05) is 0 Å². The first-order chi connectivity index (χ1) is 18.4. The third-order valence-corrected chi connectivity index (χ3v) is 6.15. The fraction of sp³-hybridized carbons (Fsp3) is 0.500. The van der Waals surface area contributed by atoms with Crippen LogP contribution in [0.15, 0.2) is 29.3 Å². The number of carboxylic acid groups (broad SMARTS) is 1. The van der Waals surface area contributed by atoms with Crippen molar-refractivity contribution in [2.45, 2.75) is 62.7 Å². The van der Waals surface area contributed by atoms with Gasteiger partial charge in [-0.2, -0.15) is 0 Å². The van der Waals surface area contributed by atoms with Crippen molar-refractivity contribution in [2.24, 2.45) is 27.9 Å². The third kappa shape index (κ3) is 9.77. The SMILES string of the molecule is NC(=O)CC(NC(=O)C1CCCN1C(=O)C(N)Cc1ccc(O)cc1)C(=O)NC(CCCN=C(N)N)C(=O)O. The molecule has 1 heterocycles. The molecule has 4 atom stereocenters. The van der Waals surface area contributed by atoms with Crippen LogP contribution in [-0.2, 0) is 30.4 Å². The molecule has 4 amide bonds. The number of primary amides is 1. The monoisotopic (exact) mass is 548 g/mol. The summed E-state index contributed by atoms with van der Waals surface area (Å²) in [6, 6.07) is 1.52. The number of carbonyl (C=O) groups excluding carboxylic acids is 4. The Labute approximate surface area is 225 Å². The van der Waals surface area contributed by atoms with Crippen molar-refractivity contribution in [2.75, 3.05) is 13.1 Å². The maximum Gasteiger partial charge on any atom is 0.326 e. The Morgan fingerprint density at radius 2 is 1.72 bits per heavy atom. The largest absolute Gasteiger partial charge is 0.508 e. The second-order valence-electron chi connectivity index (χ2n) is 9.25. The van der Waals surface area contributed by atoms with Gasteiger partial charge in [-0.25, -0.2) is 4.79 Å². The Balaban J connectivity index is 2.05. The number of carbonyl (C=O) groups is 5. The summed E-state index contributed by atoms with van der Waals surface area (Å²) in [6.07, 6.45) is 0.635. The van der Waals surface area contributed by atoms with E-state index in [1.54, 1.807) is 12.1 Å². The Morgan fingerprint density at radius 1 is 1.05 bits per heavy atom. The molecule has 214 valence electrons. The van der Waals surface area contributed by atoms with Crippen molar-refractivity contribution >= 4 is 35.6 Å². The van der Waals surface area contributed by atoms with Crippen LogP contribution in [-0.4, -0.2) is 87.9 Å². The molecule has 15 heteroatoms. The van der Waals surface area contributed by atoms with Crippen LogP contribution in [0.2, 0.25) is 0 Å². The number of phenolic OH excluding ortho intramolecular Hbond substituents is 1. The van der Waals surface area contributed by atoms with Crippen LogP contribution in [0.4, 0.5) is 0 Å². The summed E-state index contributed by atoms with van der Waals surface area (Å²) < 4.78 is 0. The zero-order valence-corrected chi connectivity index (χ0v) is 21.4. The highest BCUT2D eigenvalue weighted by Gasteiger charge is 2.38. The molecule has 4 unspecified atom stereocenters. The number of guanidine groups is 1. The third-order valence-electron chi connectivity index (χ3n) is 6.15. The molecular formula is C24H36N8O7. The van der Waals surface area contributed by atoms with Gasteiger partial charge < -0.3 is 48.7 Å². The average molecular weight is 549 g/mol. The van der Waals surface area contributed by atoms with Crippen LogP contribution >= 0.6 is 0 Å². The van der Waals surface area contributed by atoms with Gasteiger partial charge >= 0.3 is 5.97 Å². The smallest absolute Gasteiger partial charge is 0.326 e. The molecule has 12 N–H and O–H groups in total. The van der Waals surface area contributed by atoms with Gasteiger partial charge in [0.05, 0.1) is 12.5 Å². The molecule has 0 spiro atoms. The van der Waals surface area contributed by atoms with Crippen LogP contribution in [0.3, 0.4) is 0 Å². The van der Waals surface area contributed by atoms with E-state index in [0.29, 0.717) is 12.8 Å². The number of aromatic hydroxyl groups is 1. The minimum absolute atomic E-state index is 0.0150. The lowest BCUT2D eigenvalue weighted by atomic mass is 10.0. The summed E-state index contributed by atoms with van der Waals surface area (Å²) in [4.78, 5) is 67.3. The van der Waals surface area contributed by atoms with Gasteiger partial charge in [-0.1, -0.05) is 12.1 Å². The molecule has 1 saturated heterocycles. The van der Waals surface area contributed by atoms with Crippen LogP contribution < -0.4 is 33.6 Å². The quantitative estimate of drug-likeness (QED) is 0.0673. The highest BCUT2D eigenvalue weighted by molar-refractivity contribution is 5.96. The second kappa shape index (κ2) is 14.5. The summed E-state index contributed by atoms with van der Waals surface area (Å²) in [7, 11) is 0. The van der Waals surface area contributed by atoms with Gasteiger partial charge in [0.2, 0.25) is 23.6 Å². The fourth-order valence-electron chi connectivity index (χ4n) is 4.20. The van der Waals surface area contributed by atoms with E-state index in [4.69, 9.17) is 22.9 Å². The molecule has 1 aromatic carbocycles. The van der Waals surface area contributed by atoms with Gasteiger partial charge in [-0.05, 0) is 49.8 Å². The van der Waals surface area contributed by atoms with Crippen LogP contribution in [0.1, 0.15) is 37.7 Å². The average Bonchev–Trinajstić information content (AvgIpc) is 3.35. The maximum absolute atomic E-state index is 13.1. The standard InChI is InChI=1S/C24H36N8O7/c25-15(11-13-5-7-14(33)8-6-13)22(37)32-10-2-4-18(32)21(36)31-17(12-19(26)34)20(35)30-16(23(38)39)3-1-9-29-24(27)28/h5-8,15-18,33H,1-4,9-12,25H2,(H2,26,34)(H,30,35)(H,31,36)(H,38,39)(H4,27,28,29). The number of aliphatic carboxylic acids is 1. The molecule has 0 saturated carbocycles. The molecule has 0 aromatic heterocycles. The zero-order chi connectivity index (χ0) is 29.1. The molecule has 0 radical (unpaired) electrons. The number of phenols is 1. The van der Waals surface area contributed by atoms with Crippen LogP contribution in [0.25, 0.3) is 0 Å². The number of aliphatic imine (C=N–C) groups is 1. The van der Waals surface area contributed by atoms with Crippen molar-refractivity contribution in [3.63, 3.8) is 0 Å². The fourth-order valence-corrected chi connectivity index (χ4v) is 4.20. The van der Waals surface area contributed by atoms with Crippen LogP contribution in [0, 0.1) is 0 Å². The lowest BCUT2D eigenvalue weighted by molar-refractivity contribution is -0.143. The van der Waals surface area contributed by atoms with E-state index in [9.17, 15) is 34.2 Å². The predicted molar refractivity (Wildman–Crippen MR) is 140 cm³/mol. The van der Waals surface area contributed by atoms with Gasteiger partial charge in [-0.3, -0.25) is 24.2 Å². The van der Waals surface area contributed by atoms with E-state index >= 15 is 0 Å². The van der Waals surface area contributed by atoms with Crippen molar-refractivity contribution < 1.29 is 34.2 Å². The first-order valence-corrected chi connectivity index (χ1v) is 12.4. The van der Waals surface area contributed by atoms with Crippen molar-refractivity contribution in [3.8, 4) is 5.75 Å². The van der Waals surface area contributed by atoms with Crippen molar-refractivity contribution in [3.05, 3.63) is 29.8 Å². The van der Waals surface area contributed by atoms with E-state index in [-0.39, 0.29) is 44.1 Å². The van der Waals surface area contributed by atoms with Gasteiger partial charge in [0.25, 0.3) is 0 Å². The molecule has 1 aliphatic heterocycles. The number of hydrogen-bond donors (Lipinski definition) is 8. The summed E-state index contributed by atoms with van der Waals surface area (Å²) >= 11 is 0. The first-order valence-electron chi connectivity index (χ1n) is 12.4. The van der Waals surface area contributed by atoms with E-state index in [1.165, 1.54) is 17.0 Å². The molecule has 15 nitrogen and oxygen atoms in total. The minimum atomic E-state index is -1.46. The van der Waals surface area contributed by atoms with Crippen LogP contribution in [0.5, 0.6) is 5.75 Å². The predicted octanol–water partition coefficient (Wildman–Crippen LogP) is -2.76. The number of hydrogen-bond acceptors (Lipinski definition) is 8. The van der Waals surface area contributed by atoms with Gasteiger partial charge in [0.15, 0.2) is 5.96 Å². The summed E-state index contributed by atoms with van der Waals surface area (Å²) in [5.41, 5.74) is 22.6. The van der Waals surface area contributed by atoms with Gasteiger partial charge in [0, 0.05) is 13.1 Å². The molecule has 1 fully saturated rings. The minimum Gasteiger partial charge on any atom is -0.508 e. The zero-order valence-electron chi connectivity index (χ0n) is 21.4. The number of nitrogens with zero attached hydrogens (tertiary/aromatic N) is 2. The Kier molecular flexibility index (Phi) is 11.5. The molecule has 2 rings (SSSR count). The highest BCUT2D eigenvalue weighted by Crippen LogP contribution is 2.20. The van der Waals surface area contributed by atoms with Crippen molar-refractivity contribution in [1.82, 2.24) is 15.5 Å². The summed E-state index contributed by atoms with van der Waals surface area (Å²) in [6.45, 7) is 0.410. The number of amides is 4. The molecule has 1 aromatic rings. The maximum atomic E-state index is 13.1. The number of carboxylic acids is 1. The van der Waals surface area contributed by atoms with E-state index < -0.39 is 60.2 Å². The lowest BCUT2D eigenvalue weighted by Gasteiger charge is -2.28. The van der Waals surface area contributed by atoms with E-state index in [0.717, 1.165) is 5.56 Å². The van der Waals surface area contributed by atoms with Gasteiger partial charge in [0.1, 0.15) is 23.9 Å². The normalized spacial score (nSPS) is 16.9. The molecule has 1 aliphatic rings. The Bertz CT molecular complexity index is 1070. The van der Waals surface area contributed by atoms with Crippen molar-refractivity contribution in [1.29, 1.82) is 0 Å². The van der Waals surface area contributed by atoms with E-state index in [2.05, 4.69) is 15.6 Å². The Hall–Kier alpha value is -4.40. The highest BCUT2D eigenvalue weighted by atomic mass is 16.4. The Morgan fingerprint density at radius 3 is 2.31 bits per heavy atom. The van der Waals surface area contributed by atoms with Gasteiger partial charge in [-0.15, -0.1) is 0 Å². The second-order valence-corrected chi connectivity index (χ2v) is 9.25. The lowest BCUT2D eigenvalue weighted by Crippen LogP contribution is -2.57. The first kappa shape index (κ1) is 30.8. The number of likely N-dealkylation sites (tertiary alicyclic amines) is 1. The molecular weight excluding hydrogens is 512 g/mol. The summed E-state index contributed by atoms with van der Waals surface area (Å²) in [5.74, 6) is -4.39. The molecule has 39 heavy (non-hydrogen) atoms. The molecule has 0 bridgehead atoms. The number of benzene rings is 1.